The molecule has 4 heteroatoms. The first-order chi connectivity index (χ1) is 4.61. The topological polar surface area (TPSA) is 34.9 Å². The van der Waals surface area contributed by atoms with E-state index in [9.17, 15) is 4.79 Å². The first-order valence-corrected chi connectivity index (χ1v) is 3.21. The average molecular weight is 159 g/mol. The van der Waals surface area contributed by atoms with Crippen LogP contribution in [0.5, 0.6) is 0 Å². The van der Waals surface area contributed by atoms with Crippen LogP contribution in [0.4, 0.5) is 4.79 Å². The van der Waals surface area contributed by atoms with E-state index >= 15 is 0 Å². The number of hydrogen-bond acceptors (Lipinski definition) is 2. The number of nitrogens with zero attached hydrogens (tertiary/aromatic N) is 2. The van der Waals surface area contributed by atoms with Crippen LogP contribution >= 0.6 is 11.6 Å². The molecule has 1 aromatic heterocycles. The summed E-state index contributed by atoms with van der Waals surface area (Å²) in [7, 11) is 0. The van der Waals surface area contributed by atoms with Gasteiger partial charge in [0.25, 0.3) is 0 Å². The van der Waals surface area contributed by atoms with Gasteiger partial charge in [-0.3, -0.25) is 9.36 Å². The number of carbonyl (C=O) groups excluding carboxylic acids is 1. The summed E-state index contributed by atoms with van der Waals surface area (Å²) in [6, 6.07) is 0. The van der Waals surface area contributed by atoms with Crippen molar-refractivity contribution in [3.05, 3.63) is 17.7 Å². The molecule has 0 saturated heterocycles. The summed E-state index contributed by atoms with van der Waals surface area (Å²) in [5, 5.41) is -0.516. The Bertz CT molecular complexity index is 267. The van der Waals surface area contributed by atoms with Crippen molar-refractivity contribution in [3.8, 4) is 0 Å². The van der Waals surface area contributed by atoms with E-state index in [4.69, 9.17) is 11.6 Å². The van der Waals surface area contributed by atoms with E-state index in [0.29, 0.717) is 5.82 Å². The maximum Gasteiger partial charge on any atom is 0.325 e. The molecule has 0 unspecified atom stereocenters. The summed E-state index contributed by atoms with van der Waals surface area (Å²) in [5.41, 5.74) is 0.798. The summed E-state index contributed by atoms with van der Waals surface area (Å²) >= 11 is 5.21. The standard InChI is InChI=1S/C6H7ClN2O/c1-4-3-9(6(7)10)5(2)8-4/h3H,1-2H3. The monoisotopic (exact) mass is 158 g/mol. The fourth-order valence-corrected chi connectivity index (χ4v) is 0.967. The molecule has 0 amide bonds. The average Bonchev–Trinajstić information content (AvgIpc) is 2.10. The molecule has 0 radical (unpaired) electrons. The highest BCUT2D eigenvalue weighted by Gasteiger charge is 2.04. The summed E-state index contributed by atoms with van der Waals surface area (Å²) in [6.45, 7) is 3.54. The van der Waals surface area contributed by atoms with Crippen molar-refractivity contribution in [1.82, 2.24) is 9.55 Å². The molecule has 0 aliphatic carbocycles. The van der Waals surface area contributed by atoms with Crippen LogP contribution in [0.2, 0.25) is 0 Å². The van der Waals surface area contributed by atoms with Gasteiger partial charge >= 0.3 is 5.37 Å². The quantitative estimate of drug-likeness (QED) is 0.539. The Labute approximate surface area is 63.6 Å². The molecule has 0 fully saturated rings. The molecule has 0 atom stereocenters. The first-order valence-electron chi connectivity index (χ1n) is 2.83. The van der Waals surface area contributed by atoms with Gasteiger partial charge < -0.3 is 0 Å². The highest BCUT2D eigenvalue weighted by atomic mass is 35.5. The molecule has 3 nitrogen and oxygen atoms in total. The molecular formula is C6H7ClN2O. The Kier molecular flexibility index (Phi) is 1.76. The van der Waals surface area contributed by atoms with Gasteiger partial charge in [-0.05, 0) is 25.4 Å². The Morgan fingerprint density at radius 1 is 1.70 bits per heavy atom. The van der Waals surface area contributed by atoms with Crippen molar-refractivity contribution >= 4 is 17.0 Å². The van der Waals surface area contributed by atoms with Crippen molar-refractivity contribution in [1.29, 1.82) is 0 Å². The van der Waals surface area contributed by atoms with Crippen LogP contribution in [0, 0.1) is 13.8 Å². The van der Waals surface area contributed by atoms with Gasteiger partial charge in [0.05, 0.1) is 5.69 Å². The molecular weight excluding hydrogens is 152 g/mol. The van der Waals surface area contributed by atoms with Crippen molar-refractivity contribution < 1.29 is 4.79 Å². The summed E-state index contributed by atoms with van der Waals surface area (Å²) < 4.78 is 1.30. The van der Waals surface area contributed by atoms with Crippen LogP contribution in [-0.2, 0) is 0 Å². The van der Waals surface area contributed by atoms with Gasteiger partial charge in [-0.15, -0.1) is 0 Å². The minimum atomic E-state index is -0.516. The van der Waals surface area contributed by atoms with Gasteiger partial charge in [0, 0.05) is 6.20 Å². The second kappa shape index (κ2) is 2.42. The van der Waals surface area contributed by atoms with Gasteiger partial charge in [-0.2, -0.15) is 0 Å². The minimum absolute atomic E-state index is 0.516. The lowest BCUT2D eigenvalue weighted by Crippen LogP contribution is -2.01. The summed E-state index contributed by atoms with van der Waals surface area (Å²) in [5.74, 6) is 0.623. The van der Waals surface area contributed by atoms with Gasteiger partial charge in [-0.1, -0.05) is 0 Å². The fraction of sp³-hybridized carbons (Fsp3) is 0.333. The van der Waals surface area contributed by atoms with E-state index in [1.54, 1.807) is 13.1 Å². The van der Waals surface area contributed by atoms with E-state index in [-0.39, 0.29) is 0 Å². The maximum absolute atomic E-state index is 10.6. The predicted octanol–water partition coefficient (Wildman–Crippen LogP) is 1.71. The van der Waals surface area contributed by atoms with Crippen LogP contribution < -0.4 is 0 Å². The zero-order valence-electron chi connectivity index (χ0n) is 5.76. The van der Waals surface area contributed by atoms with E-state index < -0.39 is 5.37 Å². The van der Waals surface area contributed by atoms with Gasteiger partial charge in [0.2, 0.25) is 0 Å². The molecule has 1 rings (SSSR count). The molecule has 54 valence electrons. The van der Waals surface area contributed by atoms with Crippen molar-refractivity contribution in [2.24, 2.45) is 0 Å². The van der Waals surface area contributed by atoms with Crippen molar-refractivity contribution in [2.45, 2.75) is 13.8 Å². The zero-order chi connectivity index (χ0) is 7.72. The number of aromatic nitrogens is 2. The second-order valence-electron chi connectivity index (χ2n) is 2.05. The van der Waals surface area contributed by atoms with Gasteiger partial charge in [-0.25, -0.2) is 4.98 Å². The molecule has 10 heavy (non-hydrogen) atoms. The molecule has 0 saturated carbocycles. The van der Waals surface area contributed by atoms with E-state index in [2.05, 4.69) is 4.98 Å². The number of halogens is 1. The van der Waals surface area contributed by atoms with Crippen LogP contribution in [-0.4, -0.2) is 14.9 Å². The summed E-state index contributed by atoms with van der Waals surface area (Å²) in [6.07, 6.45) is 1.60. The number of carbonyl (C=O) groups is 1. The molecule has 1 aromatic rings. The Morgan fingerprint density at radius 2 is 2.30 bits per heavy atom. The Morgan fingerprint density at radius 3 is 2.50 bits per heavy atom. The van der Waals surface area contributed by atoms with Crippen LogP contribution in [0.1, 0.15) is 11.5 Å². The molecule has 1 heterocycles. The first kappa shape index (κ1) is 7.28. The minimum Gasteiger partial charge on any atom is -0.260 e. The lowest BCUT2D eigenvalue weighted by molar-refractivity contribution is 0.260. The van der Waals surface area contributed by atoms with Crippen molar-refractivity contribution in [3.63, 3.8) is 0 Å². The molecule has 0 spiro atoms. The SMILES string of the molecule is Cc1cn(C(=O)Cl)c(C)n1. The molecule has 0 aromatic carbocycles. The number of hydrogen-bond donors (Lipinski definition) is 0. The normalized spacial score (nSPS) is 9.90. The predicted molar refractivity (Wildman–Crippen MR) is 38.3 cm³/mol. The van der Waals surface area contributed by atoms with Gasteiger partial charge in [0.1, 0.15) is 5.82 Å². The molecule has 0 bridgehead atoms. The highest BCUT2D eigenvalue weighted by Crippen LogP contribution is 2.02. The molecule has 0 aliphatic heterocycles. The van der Waals surface area contributed by atoms with E-state index in [1.807, 2.05) is 6.92 Å². The van der Waals surface area contributed by atoms with E-state index in [1.165, 1.54) is 4.57 Å². The molecule has 0 N–H and O–H groups in total. The zero-order valence-corrected chi connectivity index (χ0v) is 6.51. The van der Waals surface area contributed by atoms with Crippen LogP contribution in [0.3, 0.4) is 0 Å². The van der Waals surface area contributed by atoms with Crippen LogP contribution in [0.25, 0.3) is 0 Å². The second-order valence-corrected chi connectivity index (χ2v) is 2.38. The van der Waals surface area contributed by atoms with Crippen molar-refractivity contribution in [2.75, 3.05) is 0 Å². The third-order valence-electron chi connectivity index (χ3n) is 1.19. The highest BCUT2D eigenvalue weighted by molar-refractivity contribution is 6.63. The lowest BCUT2D eigenvalue weighted by atomic mass is 10.6. The Balaban J connectivity index is 3.15. The number of aryl methyl sites for hydroxylation is 2. The third-order valence-corrected chi connectivity index (χ3v) is 1.37. The molecule has 0 aliphatic rings. The largest absolute Gasteiger partial charge is 0.325 e. The number of rotatable bonds is 0. The number of imidazole rings is 1. The van der Waals surface area contributed by atoms with Gasteiger partial charge in [0.15, 0.2) is 0 Å². The lowest BCUT2D eigenvalue weighted by Gasteiger charge is -1.91. The fourth-order valence-electron chi connectivity index (χ4n) is 0.796. The maximum atomic E-state index is 10.6. The van der Waals surface area contributed by atoms with E-state index in [0.717, 1.165) is 5.69 Å². The smallest absolute Gasteiger partial charge is 0.260 e. The summed E-state index contributed by atoms with van der Waals surface area (Å²) in [4.78, 5) is 14.6. The van der Waals surface area contributed by atoms with Crippen LogP contribution in [0.15, 0.2) is 6.20 Å². The Hall–Kier alpha value is -0.830. The third kappa shape index (κ3) is 1.19.